The van der Waals surface area contributed by atoms with Crippen LogP contribution in [0.5, 0.6) is 0 Å². The monoisotopic (exact) mass is 532 g/mol. The number of fused-ring (bicyclic) bond motifs is 4. The van der Waals surface area contributed by atoms with E-state index in [9.17, 15) is 23.1 Å². The van der Waals surface area contributed by atoms with Crippen molar-refractivity contribution in [2.75, 3.05) is 13.2 Å². The highest BCUT2D eigenvalue weighted by molar-refractivity contribution is 5.67. The Morgan fingerprint density at radius 3 is 2.42 bits per heavy atom. The molecule has 4 aliphatic rings. The molecule has 2 aliphatic heterocycles. The first-order valence-corrected chi connectivity index (χ1v) is 13.2. The molecule has 2 fully saturated rings. The number of alkyl halides is 3. The lowest BCUT2D eigenvalue weighted by Gasteiger charge is -2.40. The van der Waals surface area contributed by atoms with Gasteiger partial charge in [0, 0.05) is 67.0 Å². The zero-order valence-corrected chi connectivity index (χ0v) is 21.6. The van der Waals surface area contributed by atoms with Crippen LogP contribution in [0.15, 0.2) is 18.3 Å². The van der Waals surface area contributed by atoms with E-state index in [-0.39, 0.29) is 11.3 Å². The number of aliphatic hydroxyl groups is 1. The summed E-state index contributed by atoms with van der Waals surface area (Å²) < 4.78 is 58.1. The molecule has 1 saturated heterocycles. The number of esters is 1. The molecule has 2 spiro atoms. The molecule has 4 heterocycles. The van der Waals surface area contributed by atoms with Crippen LogP contribution in [0.3, 0.4) is 0 Å². The molecule has 0 bridgehead atoms. The number of aliphatic hydroxyl groups excluding tert-OH is 1. The predicted molar refractivity (Wildman–Crippen MR) is 128 cm³/mol. The maximum absolute atomic E-state index is 13.2. The Bertz CT molecular complexity index is 1270. The van der Waals surface area contributed by atoms with Crippen molar-refractivity contribution in [2.24, 2.45) is 5.41 Å². The number of hydrogen-bond acceptors (Lipinski definition) is 7. The van der Waals surface area contributed by atoms with E-state index in [0.29, 0.717) is 49.3 Å². The average Bonchev–Trinajstić information content (AvgIpc) is 3.56. The maximum atomic E-state index is 13.2. The highest BCUT2D eigenvalue weighted by Crippen LogP contribution is 2.67. The molecule has 6 rings (SSSR count). The summed E-state index contributed by atoms with van der Waals surface area (Å²) in [5.74, 6) is -0.465. The van der Waals surface area contributed by atoms with Crippen LogP contribution in [0.1, 0.15) is 116 Å². The zero-order chi connectivity index (χ0) is 27.0. The molecule has 1 unspecified atom stereocenters. The lowest BCUT2D eigenvalue weighted by molar-refractivity contribution is -0.153. The van der Waals surface area contributed by atoms with Crippen molar-refractivity contribution in [3.05, 3.63) is 57.7 Å². The lowest BCUT2D eigenvalue weighted by atomic mass is 9.72. The number of carbonyl (C=O) groups is 1. The highest BCUT2D eigenvalue weighted by atomic mass is 19.4. The van der Waals surface area contributed by atoms with E-state index in [0.717, 1.165) is 35.7 Å². The van der Waals surface area contributed by atoms with Gasteiger partial charge >= 0.3 is 12.1 Å². The normalized spacial score (nSPS) is 26.9. The molecule has 38 heavy (non-hydrogen) atoms. The Morgan fingerprint density at radius 1 is 1.16 bits per heavy atom. The van der Waals surface area contributed by atoms with Gasteiger partial charge in [-0.15, -0.1) is 0 Å². The number of nitrogens with zero attached hydrogens (tertiary/aromatic N) is 2. The van der Waals surface area contributed by atoms with Crippen LogP contribution in [-0.2, 0) is 30.8 Å². The van der Waals surface area contributed by atoms with Crippen molar-refractivity contribution in [3.63, 3.8) is 0 Å². The summed E-state index contributed by atoms with van der Waals surface area (Å²) in [5, 5.41) is 11.6. The molecule has 3 atom stereocenters. The topological polar surface area (TPSA) is 90.8 Å². The first-order valence-electron chi connectivity index (χ1n) is 13.2. The van der Waals surface area contributed by atoms with Crippen molar-refractivity contribution < 1.29 is 37.3 Å². The van der Waals surface area contributed by atoms with E-state index in [4.69, 9.17) is 19.2 Å². The van der Waals surface area contributed by atoms with Crippen LogP contribution in [0.4, 0.5) is 13.2 Å². The molecule has 204 valence electrons. The van der Waals surface area contributed by atoms with Gasteiger partial charge in [-0.3, -0.25) is 14.8 Å². The third-order valence-corrected chi connectivity index (χ3v) is 8.53. The second-order valence-corrected chi connectivity index (χ2v) is 11.4. The van der Waals surface area contributed by atoms with Crippen LogP contribution in [-0.4, -0.2) is 34.3 Å². The fourth-order valence-electron chi connectivity index (χ4n) is 6.62. The third-order valence-electron chi connectivity index (χ3n) is 8.53. The summed E-state index contributed by atoms with van der Waals surface area (Å²) in [5.41, 5.74) is 1.94. The van der Waals surface area contributed by atoms with Crippen LogP contribution < -0.4 is 0 Å². The van der Waals surface area contributed by atoms with Gasteiger partial charge < -0.3 is 19.3 Å². The summed E-state index contributed by atoms with van der Waals surface area (Å²) in [6.45, 7) is 6.27. The van der Waals surface area contributed by atoms with E-state index < -0.39 is 41.8 Å². The highest BCUT2D eigenvalue weighted by Gasteiger charge is 2.60. The number of ether oxygens (including phenoxy) is 3. The second-order valence-electron chi connectivity index (χ2n) is 11.4. The molecule has 2 aromatic heterocycles. The van der Waals surface area contributed by atoms with E-state index in [1.165, 1.54) is 19.2 Å². The Labute approximate surface area is 218 Å². The van der Waals surface area contributed by atoms with Crippen LogP contribution in [0.25, 0.3) is 0 Å². The SMILES string of the molecule is CC(=O)OC1c2nc(C(C)C)c3c(c2[C@@H](O)CC12CC2)C1(CCOCC1)O[C@@H]3c1ccc(C(F)(F)F)nc1. The molecule has 2 aliphatic carbocycles. The molecule has 0 amide bonds. The van der Waals surface area contributed by atoms with Gasteiger partial charge in [-0.05, 0) is 36.8 Å². The smallest absolute Gasteiger partial charge is 0.433 e. The average molecular weight is 533 g/mol. The van der Waals surface area contributed by atoms with Crippen molar-refractivity contribution in [1.29, 1.82) is 0 Å². The van der Waals surface area contributed by atoms with Crippen LogP contribution in [0, 0.1) is 5.41 Å². The van der Waals surface area contributed by atoms with Gasteiger partial charge in [0.1, 0.15) is 17.9 Å². The molecule has 0 aromatic carbocycles. The van der Waals surface area contributed by atoms with Crippen molar-refractivity contribution in [1.82, 2.24) is 9.97 Å². The quantitative estimate of drug-likeness (QED) is 0.517. The van der Waals surface area contributed by atoms with Gasteiger partial charge in [-0.1, -0.05) is 19.9 Å². The minimum absolute atomic E-state index is 0.0650. The molecule has 1 saturated carbocycles. The third kappa shape index (κ3) is 3.95. The van der Waals surface area contributed by atoms with Gasteiger partial charge in [0.15, 0.2) is 0 Å². The fourth-order valence-corrected chi connectivity index (χ4v) is 6.62. The second kappa shape index (κ2) is 8.72. The maximum Gasteiger partial charge on any atom is 0.433 e. The summed E-state index contributed by atoms with van der Waals surface area (Å²) in [4.78, 5) is 20.9. The van der Waals surface area contributed by atoms with E-state index in [2.05, 4.69) is 4.98 Å². The first-order chi connectivity index (χ1) is 18.0. The first kappa shape index (κ1) is 25.7. The predicted octanol–water partition coefficient (Wildman–Crippen LogP) is 5.57. The fraction of sp³-hybridized carbons (Fsp3) is 0.607. The van der Waals surface area contributed by atoms with Gasteiger partial charge in [0.05, 0.1) is 17.4 Å². The lowest BCUT2D eigenvalue weighted by Crippen LogP contribution is -2.37. The Kier molecular flexibility index (Phi) is 5.90. The molecule has 7 nitrogen and oxygen atoms in total. The van der Waals surface area contributed by atoms with E-state index >= 15 is 0 Å². The number of rotatable bonds is 3. The standard InChI is InChI=1S/C28H31F3N2O5/c1-14(2)22-20-21(19-17(35)12-26(6-7-26)25(23(19)33-22)37-15(3)34)27(8-10-36-11-9-27)38-24(20)16-4-5-18(32-13-16)28(29,30)31/h4-5,13-14,17,24-25,35H,6-12H2,1-3H3/t17-,24+,25?/m0/s1. The van der Waals surface area contributed by atoms with Crippen LogP contribution >= 0.6 is 0 Å². The Hall–Kier alpha value is -2.56. The number of halogens is 3. The van der Waals surface area contributed by atoms with Crippen LogP contribution in [0.2, 0.25) is 0 Å². The minimum Gasteiger partial charge on any atom is -0.455 e. The molecule has 1 N–H and O–H groups in total. The van der Waals surface area contributed by atoms with Gasteiger partial charge in [0.25, 0.3) is 0 Å². The van der Waals surface area contributed by atoms with Crippen molar-refractivity contribution >= 4 is 5.97 Å². The summed E-state index contributed by atoms with van der Waals surface area (Å²) in [6, 6.07) is 2.38. The number of hydrogen-bond donors (Lipinski definition) is 1. The van der Waals surface area contributed by atoms with Crippen molar-refractivity contribution in [3.8, 4) is 0 Å². The van der Waals surface area contributed by atoms with E-state index in [1.54, 1.807) is 0 Å². The molecule has 0 radical (unpaired) electrons. The Balaban J connectivity index is 1.59. The summed E-state index contributed by atoms with van der Waals surface area (Å²) in [6.07, 6.45) is -2.25. The van der Waals surface area contributed by atoms with E-state index in [1.807, 2.05) is 13.8 Å². The molecule has 2 aromatic rings. The number of pyridine rings is 2. The largest absolute Gasteiger partial charge is 0.455 e. The zero-order valence-electron chi connectivity index (χ0n) is 21.6. The van der Waals surface area contributed by atoms with Crippen molar-refractivity contribution in [2.45, 2.75) is 88.9 Å². The summed E-state index contributed by atoms with van der Waals surface area (Å²) in [7, 11) is 0. The van der Waals surface area contributed by atoms with Gasteiger partial charge in [0.2, 0.25) is 0 Å². The number of aromatic nitrogens is 2. The summed E-state index contributed by atoms with van der Waals surface area (Å²) >= 11 is 0. The Morgan fingerprint density at radius 2 is 1.87 bits per heavy atom. The molecular weight excluding hydrogens is 501 g/mol. The van der Waals surface area contributed by atoms with Gasteiger partial charge in [-0.25, -0.2) is 0 Å². The molecular formula is C28H31F3N2O5. The van der Waals surface area contributed by atoms with Gasteiger partial charge in [-0.2, -0.15) is 13.2 Å². The number of carbonyl (C=O) groups excluding carboxylic acids is 1. The molecule has 10 heteroatoms. The minimum atomic E-state index is -4.55.